The number of allylic oxidation sites excluding steroid dienone is 6. The molecule has 0 saturated carbocycles. The van der Waals surface area contributed by atoms with Crippen LogP contribution in [0.1, 0.15) is 135 Å². The van der Waals surface area contributed by atoms with E-state index in [0.717, 1.165) is 82.4 Å². The van der Waals surface area contributed by atoms with Crippen LogP contribution in [0.25, 0.3) is 0 Å². The Hall–Kier alpha value is -2.04. The van der Waals surface area contributed by atoms with Crippen LogP contribution in [-0.2, 0) is 13.0 Å². The van der Waals surface area contributed by atoms with Gasteiger partial charge >= 0.3 is 0 Å². The lowest BCUT2D eigenvalue weighted by Gasteiger charge is -2.39. The van der Waals surface area contributed by atoms with Gasteiger partial charge in [-0.15, -0.1) is 0 Å². The zero-order valence-electron chi connectivity index (χ0n) is 27.2. The Balaban J connectivity index is 1.48. The molecule has 1 N–H and O–H groups in total. The number of aliphatic hydroxyl groups is 1. The van der Waals surface area contributed by atoms with Gasteiger partial charge in [0.15, 0.2) is 0 Å². The molecular formula is C37H59NO3. The molecule has 41 heavy (non-hydrogen) atoms. The standard InChI is InChI=1S/C37H59NO3/c1-29(2)16-13-17-30(3)18-14-19-31(4)20-15-22-37(6)23-21-33-34-27-38(24-11-9-7-8-10-12-25-39)28-40-35(34)26-32(5)36(33)41-37/h16,18,20,26,39H,7-15,17,19,21-25,27-28H2,1-6H3. The highest BCUT2D eigenvalue weighted by Gasteiger charge is 2.35. The number of nitrogens with zero attached hydrogens (tertiary/aromatic N) is 1. The van der Waals surface area contributed by atoms with E-state index in [-0.39, 0.29) is 5.60 Å². The molecule has 3 rings (SSSR count). The first-order valence-electron chi connectivity index (χ1n) is 16.5. The number of hydrogen-bond donors (Lipinski definition) is 1. The van der Waals surface area contributed by atoms with Crippen LogP contribution in [0.2, 0.25) is 0 Å². The zero-order chi connectivity index (χ0) is 29.7. The average molecular weight is 566 g/mol. The van der Waals surface area contributed by atoms with Crippen molar-refractivity contribution >= 4 is 0 Å². The molecule has 230 valence electrons. The number of ether oxygens (including phenoxy) is 2. The van der Waals surface area contributed by atoms with Gasteiger partial charge in [0, 0.05) is 30.8 Å². The smallest absolute Gasteiger partial charge is 0.142 e. The Morgan fingerprint density at radius 1 is 0.902 bits per heavy atom. The topological polar surface area (TPSA) is 41.9 Å². The molecule has 2 heterocycles. The van der Waals surface area contributed by atoms with E-state index in [2.05, 4.69) is 70.7 Å². The van der Waals surface area contributed by atoms with Crippen molar-refractivity contribution in [2.24, 2.45) is 0 Å². The highest BCUT2D eigenvalue weighted by atomic mass is 16.5. The fraction of sp³-hybridized carbons (Fsp3) is 0.676. The lowest BCUT2D eigenvalue weighted by atomic mass is 9.85. The Morgan fingerprint density at radius 2 is 1.56 bits per heavy atom. The summed E-state index contributed by atoms with van der Waals surface area (Å²) in [6.45, 7) is 16.4. The van der Waals surface area contributed by atoms with Crippen LogP contribution in [0.3, 0.4) is 0 Å². The molecule has 0 amide bonds. The van der Waals surface area contributed by atoms with Crippen molar-refractivity contribution in [2.45, 2.75) is 144 Å². The van der Waals surface area contributed by atoms with E-state index in [9.17, 15) is 0 Å². The van der Waals surface area contributed by atoms with Crippen molar-refractivity contribution < 1.29 is 14.6 Å². The Kier molecular flexibility index (Phi) is 14.0. The van der Waals surface area contributed by atoms with Gasteiger partial charge in [0.2, 0.25) is 0 Å². The second-order valence-corrected chi connectivity index (χ2v) is 13.2. The van der Waals surface area contributed by atoms with E-state index in [1.165, 1.54) is 65.5 Å². The zero-order valence-corrected chi connectivity index (χ0v) is 27.2. The molecule has 4 nitrogen and oxygen atoms in total. The molecule has 1 aromatic carbocycles. The highest BCUT2D eigenvalue weighted by molar-refractivity contribution is 5.55. The van der Waals surface area contributed by atoms with E-state index in [0.29, 0.717) is 13.3 Å². The minimum atomic E-state index is -0.116. The Labute approximate surface area is 251 Å². The molecule has 2 aliphatic rings. The third kappa shape index (κ3) is 11.3. The van der Waals surface area contributed by atoms with Gasteiger partial charge in [0.05, 0.1) is 0 Å². The fourth-order valence-electron chi connectivity index (χ4n) is 6.14. The van der Waals surface area contributed by atoms with Crippen LogP contribution < -0.4 is 9.47 Å². The minimum Gasteiger partial charge on any atom is -0.487 e. The van der Waals surface area contributed by atoms with Crippen molar-refractivity contribution in [3.63, 3.8) is 0 Å². The van der Waals surface area contributed by atoms with Crippen molar-refractivity contribution in [1.29, 1.82) is 0 Å². The lowest BCUT2D eigenvalue weighted by Crippen LogP contribution is -2.38. The van der Waals surface area contributed by atoms with Crippen molar-refractivity contribution in [3.8, 4) is 11.5 Å². The summed E-state index contributed by atoms with van der Waals surface area (Å²) in [4.78, 5) is 2.45. The van der Waals surface area contributed by atoms with Crippen LogP contribution in [-0.4, -0.2) is 35.5 Å². The van der Waals surface area contributed by atoms with Crippen LogP contribution in [0.5, 0.6) is 11.5 Å². The van der Waals surface area contributed by atoms with E-state index in [4.69, 9.17) is 14.6 Å². The largest absolute Gasteiger partial charge is 0.487 e. The van der Waals surface area contributed by atoms with Crippen molar-refractivity contribution in [1.82, 2.24) is 4.90 Å². The van der Waals surface area contributed by atoms with Gasteiger partial charge in [-0.2, -0.15) is 0 Å². The first-order valence-corrected chi connectivity index (χ1v) is 16.5. The summed E-state index contributed by atoms with van der Waals surface area (Å²) < 4.78 is 13.1. The first-order chi connectivity index (χ1) is 19.7. The van der Waals surface area contributed by atoms with E-state index >= 15 is 0 Å². The van der Waals surface area contributed by atoms with Crippen molar-refractivity contribution in [3.05, 3.63) is 57.7 Å². The number of unbranched alkanes of at least 4 members (excludes halogenated alkanes) is 5. The molecular weight excluding hydrogens is 506 g/mol. The van der Waals surface area contributed by atoms with Gasteiger partial charge in [-0.1, -0.05) is 60.6 Å². The number of fused-ring (bicyclic) bond motifs is 3. The maximum Gasteiger partial charge on any atom is 0.142 e. The third-order valence-corrected chi connectivity index (χ3v) is 8.85. The van der Waals surface area contributed by atoms with Crippen LogP contribution >= 0.6 is 0 Å². The summed E-state index contributed by atoms with van der Waals surface area (Å²) in [7, 11) is 0. The Morgan fingerprint density at radius 3 is 2.27 bits per heavy atom. The van der Waals surface area contributed by atoms with E-state index in [1.807, 2.05) is 0 Å². The molecule has 0 radical (unpaired) electrons. The molecule has 2 aliphatic heterocycles. The molecule has 0 aliphatic carbocycles. The second-order valence-electron chi connectivity index (χ2n) is 13.2. The number of hydrogen-bond acceptors (Lipinski definition) is 4. The first kappa shape index (κ1) is 33.5. The van der Waals surface area contributed by atoms with Crippen molar-refractivity contribution in [2.75, 3.05) is 19.9 Å². The minimum absolute atomic E-state index is 0.116. The van der Waals surface area contributed by atoms with Gasteiger partial charge in [-0.05, 0) is 117 Å². The number of aryl methyl sites for hydroxylation is 1. The summed E-state index contributed by atoms with van der Waals surface area (Å²) in [6.07, 6.45) is 23.1. The molecule has 4 heteroatoms. The summed E-state index contributed by atoms with van der Waals surface area (Å²) in [6, 6.07) is 2.21. The second kappa shape index (κ2) is 17.2. The lowest BCUT2D eigenvalue weighted by molar-refractivity contribution is 0.0524. The monoisotopic (exact) mass is 565 g/mol. The molecule has 0 aromatic heterocycles. The van der Waals surface area contributed by atoms with Gasteiger partial charge in [-0.3, -0.25) is 4.90 Å². The predicted molar refractivity (Wildman–Crippen MR) is 174 cm³/mol. The van der Waals surface area contributed by atoms with Gasteiger partial charge in [0.1, 0.15) is 23.8 Å². The normalized spacial score (nSPS) is 19.3. The molecule has 0 spiro atoms. The maximum absolute atomic E-state index is 8.94. The van der Waals surface area contributed by atoms with E-state index in [1.54, 1.807) is 0 Å². The molecule has 0 fully saturated rings. The van der Waals surface area contributed by atoms with Gasteiger partial charge < -0.3 is 14.6 Å². The highest BCUT2D eigenvalue weighted by Crippen LogP contribution is 2.44. The van der Waals surface area contributed by atoms with Gasteiger partial charge in [-0.25, -0.2) is 0 Å². The number of benzene rings is 1. The average Bonchev–Trinajstić information content (AvgIpc) is 2.92. The molecule has 1 aromatic rings. The molecule has 0 bridgehead atoms. The van der Waals surface area contributed by atoms with Crippen LogP contribution in [0, 0.1) is 6.92 Å². The molecule has 1 unspecified atom stereocenters. The summed E-state index contributed by atoms with van der Waals surface area (Å²) in [5.41, 5.74) is 8.23. The summed E-state index contributed by atoms with van der Waals surface area (Å²) in [5, 5.41) is 8.94. The summed E-state index contributed by atoms with van der Waals surface area (Å²) in [5.74, 6) is 2.18. The molecule has 0 saturated heterocycles. The van der Waals surface area contributed by atoms with Crippen LogP contribution in [0.4, 0.5) is 0 Å². The SMILES string of the molecule is CC(C)=CCCC(C)=CCCC(C)=CCCC1(C)CCc2c3c(cc(C)c2O1)OCN(CCCCCCCCO)C3. The fourth-order valence-corrected chi connectivity index (χ4v) is 6.14. The predicted octanol–water partition coefficient (Wildman–Crippen LogP) is 9.76. The van der Waals surface area contributed by atoms with E-state index < -0.39 is 0 Å². The summed E-state index contributed by atoms with van der Waals surface area (Å²) >= 11 is 0. The van der Waals surface area contributed by atoms with Crippen LogP contribution in [0.15, 0.2) is 41.0 Å². The quantitative estimate of drug-likeness (QED) is 0.151. The Bertz CT molecular complexity index is 1050. The van der Waals surface area contributed by atoms with Gasteiger partial charge in [0.25, 0.3) is 0 Å². The number of aliphatic hydroxyl groups excluding tert-OH is 1. The maximum atomic E-state index is 8.94. The molecule has 1 atom stereocenters. The number of rotatable bonds is 17. The third-order valence-electron chi connectivity index (χ3n) is 8.85.